The normalized spacial score (nSPS) is 23.8. The van der Waals surface area contributed by atoms with Gasteiger partial charge in [0.2, 0.25) is 5.91 Å². The largest absolute Gasteiger partial charge is 0.487 e. The minimum absolute atomic E-state index is 0.0239. The van der Waals surface area contributed by atoms with Gasteiger partial charge in [-0.3, -0.25) is 9.59 Å². The quantitative estimate of drug-likeness (QED) is 0.548. The van der Waals surface area contributed by atoms with Crippen molar-refractivity contribution in [3.63, 3.8) is 0 Å². The molecule has 5 rings (SSSR count). The Morgan fingerprint density at radius 1 is 0.861 bits per heavy atom. The number of amides is 2. The lowest BCUT2D eigenvalue weighted by Gasteiger charge is -2.41. The summed E-state index contributed by atoms with van der Waals surface area (Å²) >= 11 is 0. The fourth-order valence-corrected chi connectivity index (χ4v) is 6.40. The molecule has 0 radical (unpaired) electrons. The van der Waals surface area contributed by atoms with E-state index in [9.17, 15) is 9.59 Å². The Kier molecular flexibility index (Phi) is 7.93. The van der Waals surface area contributed by atoms with Crippen molar-refractivity contribution in [3.8, 4) is 5.75 Å². The molecule has 2 atom stereocenters. The Morgan fingerprint density at radius 3 is 2.28 bits per heavy atom. The van der Waals surface area contributed by atoms with Crippen LogP contribution in [0.15, 0.2) is 48.5 Å². The lowest BCUT2D eigenvalue weighted by atomic mass is 9.89. The van der Waals surface area contributed by atoms with Gasteiger partial charge in [-0.15, -0.1) is 0 Å². The Morgan fingerprint density at radius 2 is 1.53 bits per heavy atom. The maximum atomic E-state index is 14.1. The number of benzene rings is 2. The Balaban J connectivity index is 1.43. The first kappa shape index (κ1) is 24.9. The standard InChI is InChI=1S/C31H40N2O3/c1-2-32-19-11-3-4-12-20-33(30(34)25-21-23-13-5-6-14-24(23)22-25)27-16-8-10-18-29(27)36-28-17-9-7-15-26(28)31(32)35/h5-7,9,13-15,17,25,27,29H,2-4,8,10-12,16,18-22H2,1H3/t27-,29+/m1/s1. The molecule has 3 aliphatic rings. The Labute approximate surface area is 215 Å². The molecule has 0 N–H and O–H groups in total. The third kappa shape index (κ3) is 5.30. The number of rotatable bonds is 2. The van der Waals surface area contributed by atoms with E-state index in [1.165, 1.54) is 11.1 Å². The highest BCUT2D eigenvalue weighted by molar-refractivity contribution is 5.97. The van der Waals surface area contributed by atoms with Gasteiger partial charge in [0.15, 0.2) is 0 Å². The van der Waals surface area contributed by atoms with Gasteiger partial charge in [0.05, 0.1) is 11.6 Å². The highest BCUT2D eigenvalue weighted by Crippen LogP contribution is 2.34. The van der Waals surface area contributed by atoms with Crippen LogP contribution in [0, 0.1) is 5.92 Å². The zero-order valence-electron chi connectivity index (χ0n) is 21.7. The summed E-state index contributed by atoms with van der Waals surface area (Å²) in [4.78, 5) is 31.6. The number of carbonyl (C=O) groups is 2. The second-order valence-electron chi connectivity index (χ2n) is 10.7. The van der Waals surface area contributed by atoms with Crippen molar-refractivity contribution in [2.24, 2.45) is 5.92 Å². The molecule has 0 aromatic heterocycles. The molecule has 192 valence electrons. The fraction of sp³-hybridized carbons (Fsp3) is 0.548. The first-order chi connectivity index (χ1) is 17.7. The van der Waals surface area contributed by atoms with Crippen molar-refractivity contribution >= 4 is 11.8 Å². The van der Waals surface area contributed by atoms with E-state index in [0.29, 0.717) is 23.8 Å². The average molecular weight is 489 g/mol. The molecular weight excluding hydrogens is 448 g/mol. The molecule has 36 heavy (non-hydrogen) atoms. The third-order valence-electron chi connectivity index (χ3n) is 8.39. The Hall–Kier alpha value is -2.82. The zero-order chi connectivity index (χ0) is 24.9. The van der Waals surface area contributed by atoms with E-state index in [0.717, 1.165) is 77.3 Å². The minimum atomic E-state index is -0.0848. The number of ether oxygens (including phenoxy) is 1. The number of carbonyl (C=O) groups excluding carboxylic acids is 2. The minimum Gasteiger partial charge on any atom is -0.487 e. The fourth-order valence-electron chi connectivity index (χ4n) is 6.40. The summed E-state index contributed by atoms with van der Waals surface area (Å²) in [7, 11) is 0. The zero-order valence-corrected chi connectivity index (χ0v) is 21.7. The van der Waals surface area contributed by atoms with E-state index in [1.807, 2.05) is 36.1 Å². The molecule has 2 aromatic rings. The molecule has 5 heteroatoms. The Bertz CT molecular complexity index is 1040. The van der Waals surface area contributed by atoms with Gasteiger partial charge in [0, 0.05) is 25.6 Å². The summed E-state index contributed by atoms with van der Waals surface area (Å²) in [5.41, 5.74) is 3.29. The molecule has 2 aliphatic carbocycles. The molecule has 2 aromatic carbocycles. The van der Waals surface area contributed by atoms with Crippen molar-refractivity contribution in [2.45, 2.75) is 83.3 Å². The van der Waals surface area contributed by atoms with Gasteiger partial charge in [0.1, 0.15) is 11.9 Å². The van der Waals surface area contributed by atoms with Crippen molar-refractivity contribution in [1.82, 2.24) is 9.80 Å². The summed E-state index contributed by atoms with van der Waals surface area (Å²) in [5.74, 6) is 1.03. The molecule has 0 saturated heterocycles. The molecule has 0 unspecified atom stereocenters. The van der Waals surface area contributed by atoms with Crippen LogP contribution in [-0.4, -0.2) is 53.4 Å². The number of nitrogens with zero attached hydrogens (tertiary/aromatic N) is 2. The lowest BCUT2D eigenvalue weighted by Crippen LogP contribution is -2.53. The molecular formula is C31H40N2O3. The predicted octanol–water partition coefficient (Wildman–Crippen LogP) is 5.66. The molecule has 1 fully saturated rings. The van der Waals surface area contributed by atoms with Crippen LogP contribution in [0.1, 0.15) is 79.8 Å². The summed E-state index contributed by atoms with van der Waals surface area (Å²) in [6.45, 7) is 4.31. The lowest BCUT2D eigenvalue weighted by molar-refractivity contribution is -0.141. The van der Waals surface area contributed by atoms with Crippen LogP contribution in [0.2, 0.25) is 0 Å². The van der Waals surface area contributed by atoms with Gasteiger partial charge in [-0.2, -0.15) is 0 Å². The molecule has 5 nitrogen and oxygen atoms in total. The SMILES string of the molecule is CCN1CCCCCCN(C(=O)C2Cc3ccccc3C2)[C@@H]2CCCC[C@@H]2Oc2ccccc2C1=O. The van der Waals surface area contributed by atoms with Gasteiger partial charge in [-0.1, -0.05) is 55.7 Å². The second-order valence-corrected chi connectivity index (χ2v) is 10.7. The van der Waals surface area contributed by atoms with E-state index >= 15 is 0 Å². The van der Waals surface area contributed by atoms with E-state index < -0.39 is 0 Å². The highest BCUT2D eigenvalue weighted by Gasteiger charge is 2.39. The van der Waals surface area contributed by atoms with Crippen LogP contribution >= 0.6 is 0 Å². The van der Waals surface area contributed by atoms with Gasteiger partial charge in [0.25, 0.3) is 5.91 Å². The highest BCUT2D eigenvalue weighted by atomic mass is 16.5. The third-order valence-corrected chi connectivity index (χ3v) is 8.39. The number of hydrogen-bond donors (Lipinski definition) is 0. The molecule has 0 bridgehead atoms. The van der Waals surface area contributed by atoms with Gasteiger partial charge < -0.3 is 14.5 Å². The number of hydrogen-bond acceptors (Lipinski definition) is 3. The first-order valence-corrected chi connectivity index (χ1v) is 14.1. The number of fused-ring (bicyclic) bond motifs is 3. The topological polar surface area (TPSA) is 49.9 Å². The maximum Gasteiger partial charge on any atom is 0.257 e. The van der Waals surface area contributed by atoms with Crippen molar-refractivity contribution in [3.05, 3.63) is 65.2 Å². The maximum absolute atomic E-state index is 14.1. The summed E-state index contributed by atoms with van der Waals surface area (Å²) in [6.07, 6.45) is 9.83. The molecule has 1 saturated carbocycles. The van der Waals surface area contributed by atoms with Crippen LogP contribution in [0.25, 0.3) is 0 Å². The predicted molar refractivity (Wildman–Crippen MR) is 142 cm³/mol. The van der Waals surface area contributed by atoms with Crippen LogP contribution in [-0.2, 0) is 17.6 Å². The van der Waals surface area contributed by atoms with Crippen LogP contribution in [0.3, 0.4) is 0 Å². The van der Waals surface area contributed by atoms with Gasteiger partial charge in [-0.25, -0.2) is 0 Å². The van der Waals surface area contributed by atoms with E-state index in [-0.39, 0.29) is 24.0 Å². The van der Waals surface area contributed by atoms with Gasteiger partial charge in [-0.05, 0) is 75.1 Å². The smallest absolute Gasteiger partial charge is 0.257 e. The summed E-state index contributed by atoms with van der Waals surface area (Å²) in [6, 6.07) is 16.2. The average Bonchev–Trinajstić information content (AvgIpc) is 3.35. The van der Waals surface area contributed by atoms with Crippen LogP contribution in [0.5, 0.6) is 5.75 Å². The van der Waals surface area contributed by atoms with E-state index in [2.05, 4.69) is 29.2 Å². The van der Waals surface area contributed by atoms with Crippen molar-refractivity contribution < 1.29 is 14.3 Å². The second kappa shape index (κ2) is 11.5. The van der Waals surface area contributed by atoms with Crippen molar-refractivity contribution in [2.75, 3.05) is 19.6 Å². The van der Waals surface area contributed by atoms with E-state index in [4.69, 9.17) is 4.74 Å². The molecule has 0 spiro atoms. The van der Waals surface area contributed by atoms with E-state index in [1.54, 1.807) is 0 Å². The molecule has 1 aliphatic heterocycles. The van der Waals surface area contributed by atoms with Gasteiger partial charge >= 0.3 is 0 Å². The van der Waals surface area contributed by atoms with Crippen LogP contribution < -0.4 is 4.74 Å². The van der Waals surface area contributed by atoms with Crippen molar-refractivity contribution in [1.29, 1.82) is 0 Å². The summed E-state index contributed by atoms with van der Waals surface area (Å²) in [5, 5.41) is 0. The molecule has 2 amide bonds. The first-order valence-electron chi connectivity index (χ1n) is 14.1. The number of para-hydroxylation sites is 1. The van der Waals surface area contributed by atoms with Crippen LogP contribution in [0.4, 0.5) is 0 Å². The molecule has 1 heterocycles. The summed E-state index contributed by atoms with van der Waals surface area (Å²) < 4.78 is 6.67. The monoisotopic (exact) mass is 488 g/mol.